The van der Waals surface area contributed by atoms with Crippen LogP contribution in [-0.4, -0.2) is 12.5 Å². The summed E-state index contributed by atoms with van der Waals surface area (Å²) in [5.74, 6) is -0.136. The van der Waals surface area contributed by atoms with Crippen molar-refractivity contribution in [1.82, 2.24) is 5.32 Å². The molecule has 0 fully saturated rings. The average molecular weight is 255 g/mol. The number of amides is 1. The molecule has 0 saturated heterocycles. The van der Waals surface area contributed by atoms with Crippen LogP contribution in [0.4, 0.5) is 5.69 Å². The van der Waals surface area contributed by atoms with Crippen molar-refractivity contribution in [3.8, 4) is 0 Å². The van der Waals surface area contributed by atoms with Gasteiger partial charge in [-0.25, -0.2) is 0 Å². The summed E-state index contributed by atoms with van der Waals surface area (Å²) < 4.78 is 0. The number of hydrogen-bond donors (Lipinski definition) is 2. The topological polar surface area (TPSA) is 55.1 Å². The number of carbonyl (C=O) groups excluding carboxylic acids is 1. The number of nitrogens with two attached hydrogens (primary N) is 1. The first kappa shape index (κ1) is 13.8. The molecule has 0 radical (unpaired) electrons. The van der Waals surface area contributed by atoms with Crippen LogP contribution in [0, 0.1) is 5.41 Å². The number of benzene rings is 1. The van der Waals surface area contributed by atoms with Gasteiger partial charge in [-0.2, -0.15) is 0 Å². The summed E-state index contributed by atoms with van der Waals surface area (Å²) in [4.78, 5) is 11.8. The Balaban J connectivity index is 2.58. The second-order valence-corrected chi connectivity index (χ2v) is 5.78. The molecule has 3 nitrogen and oxygen atoms in total. The van der Waals surface area contributed by atoms with Gasteiger partial charge in [-0.05, 0) is 30.0 Å². The van der Waals surface area contributed by atoms with Crippen molar-refractivity contribution in [1.29, 1.82) is 0 Å². The highest BCUT2D eigenvalue weighted by molar-refractivity contribution is 6.31. The molecule has 0 aromatic heterocycles. The Morgan fingerprint density at radius 3 is 2.53 bits per heavy atom. The molecule has 94 valence electrons. The zero-order valence-electron chi connectivity index (χ0n) is 10.5. The fraction of sp³-hybridized carbons (Fsp3) is 0.462. The molecule has 0 aliphatic rings. The van der Waals surface area contributed by atoms with Crippen molar-refractivity contribution in [2.45, 2.75) is 27.2 Å². The molecule has 1 aromatic rings. The van der Waals surface area contributed by atoms with Gasteiger partial charge in [-0.15, -0.1) is 0 Å². The normalized spacial score (nSPS) is 11.3. The minimum atomic E-state index is -0.136. The maximum atomic E-state index is 11.8. The highest BCUT2D eigenvalue weighted by atomic mass is 35.5. The van der Waals surface area contributed by atoms with Crippen LogP contribution in [0.5, 0.6) is 0 Å². The molecule has 3 N–H and O–H groups in total. The molecule has 0 saturated carbocycles. The molecule has 0 bridgehead atoms. The van der Waals surface area contributed by atoms with E-state index in [2.05, 4.69) is 26.1 Å². The van der Waals surface area contributed by atoms with Gasteiger partial charge in [0.05, 0.1) is 0 Å². The van der Waals surface area contributed by atoms with Crippen LogP contribution >= 0.6 is 11.6 Å². The second-order valence-electron chi connectivity index (χ2n) is 5.34. The van der Waals surface area contributed by atoms with Crippen LogP contribution in [0.3, 0.4) is 0 Å². The Bertz CT molecular complexity index is 390. The van der Waals surface area contributed by atoms with E-state index in [-0.39, 0.29) is 11.3 Å². The minimum absolute atomic E-state index is 0.136. The molecule has 0 unspecified atom stereocenters. The molecule has 0 aliphatic carbocycles. The molecule has 1 rings (SSSR count). The highest BCUT2D eigenvalue weighted by Gasteiger charge is 2.11. The molecular weight excluding hydrogens is 236 g/mol. The summed E-state index contributed by atoms with van der Waals surface area (Å²) in [6, 6.07) is 4.86. The summed E-state index contributed by atoms with van der Waals surface area (Å²) >= 11 is 5.84. The van der Waals surface area contributed by atoms with Crippen LogP contribution in [0.2, 0.25) is 5.02 Å². The third-order valence-corrected chi connectivity index (χ3v) is 2.56. The third-order valence-electron chi connectivity index (χ3n) is 2.34. The van der Waals surface area contributed by atoms with E-state index in [0.717, 1.165) is 6.42 Å². The number of rotatable bonds is 3. The zero-order valence-corrected chi connectivity index (χ0v) is 11.3. The molecule has 1 aromatic carbocycles. The fourth-order valence-corrected chi connectivity index (χ4v) is 1.64. The number of hydrogen-bond acceptors (Lipinski definition) is 2. The molecule has 0 atom stereocenters. The predicted octanol–water partition coefficient (Wildman–Crippen LogP) is 3.09. The SMILES string of the molecule is CC(C)(C)CCNC(=O)c1cc(N)cc(Cl)c1. The summed E-state index contributed by atoms with van der Waals surface area (Å²) in [7, 11) is 0. The van der Waals surface area contributed by atoms with Gasteiger partial charge >= 0.3 is 0 Å². The van der Waals surface area contributed by atoms with Gasteiger partial charge in [0.15, 0.2) is 0 Å². The lowest BCUT2D eigenvalue weighted by Gasteiger charge is -2.18. The van der Waals surface area contributed by atoms with Gasteiger partial charge in [0.1, 0.15) is 0 Å². The van der Waals surface area contributed by atoms with E-state index in [9.17, 15) is 4.79 Å². The standard InChI is InChI=1S/C13H19ClN2O/c1-13(2,3)4-5-16-12(17)9-6-10(14)8-11(15)7-9/h6-8H,4-5,15H2,1-3H3,(H,16,17). The third kappa shape index (κ3) is 5.09. The molecule has 0 aliphatic heterocycles. The van der Waals surface area contributed by atoms with Crippen LogP contribution in [0.25, 0.3) is 0 Å². The first-order valence-corrected chi connectivity index (χ1v) is 6.00. The van der Waals surface area contributed by atoms with E-state index in [4.69, 9.17) is 17.3 Å². The first-order valence-electron chi connectivity index (χ1n) is 5.62. The molecule has 1 amide bonds. The van der Waals surface area contributed by atoms with E-state index in [0.29, 0.717) is 22.8 Å². The zero-order chi connectivity index (χ0) is 13.1. The van der Waals surface area contributed by atoms with E-state index >= 15 is 0 Å². The van der Waals surface area contributed by atoms with E-state index in [1.54, 1.807) is 18.2 Å². The van der Waals surface area contributed by atoms with E-state index in [1.807, 2.05) is 0 Å². The van der Waals surface area contributed by atoms with Gasteiger partial charge in [-0.1, -0.05) is 32.4 Å². The van der Waals surface area contributed by atoms with Gasteiger partial charge in [0, 0.05) is 22.8 Å². The van der Waals surface area contributed by atoms with Crippen molar-refractivity contribution in [3.05, 3.63) is 28.8 Å². The van der Waals surface area contributed by atoms with Crippen LogP contribution in [-0.2, 0) is 0 Å². The van der Waals surface area contributed by atoms with Crippen molar-refractivity contribution in [3.63, 3.8) is 0 Å². The second kappa shape index (κ2) is 5.41. The Kier molecular flexibility index (Phi) is 4.40. The van der Waals surface area contributed by atoms with Crippen LogP contribution in [0.1, 0.15) is 37.6 Å². The van der Waals surface area contributed by atoms with Crippen molar-refractivity contribution in [2.75, 3.05) is 12.3 Å². The lowest BCUT2D eigenvalue weighted by Crippen LogP contribution is -2.27. The maximum Gasteiger partial charge on any atom is 0.251 e. The van der Waals surface area contributed by atoms with E-state index < -0.39 is 0 Å². The predicted molar refractivity (Wildman–Crippen MR) is 72.3 cm³/mol. The lowest BCUT2D eigenvalue weighted by molar-refractivity contribution is 0.0949. The van der Waals surface area contributed by atoms with Gasteiger partial charge in [0.25, 0.3) is 5.91 Å². The number of nitrogens with one attached hydrogen (secondary N) is 1. The molecule has 0 heterocycles. The summed E-state index contributed by atoms with van der Waals surface area (Å²) in [6.07, 6.45) is 0.925. The Labute approximate surface area is 107 Å². The Morgan fingerprint density at radius 1 is 1.35 bits per heavy atom. The fourth-order valence-electron chi connectivity index (χ4n) is 1.40. The van der Waals surface area contributed by atoms with Gasteiger partial charge < -0.3 is 11.1 Å². The number of carbonyl (C=O) groups is 1. The van der Waals surface area contributed by atoms with E-state index in [1.165, 1.54) is 0 Å². The highest BCUT2D eigenvalue weighted by Crippen LogP contribution is 2.18. The Hall–Kier alpha value is -1.22. The van der Waals surface area contributed by atoms with Crippen molar-refractivity contribution in [2.24, 2.45) is 5.41 Å². The largest absolute Gasteiger partial charge is 0.399 e. The summed E-state index contributed by atoms with van der Waals surface area (Å²) in [5.41, 5.74) is 6.84. The van der Waals surface area contributed by atoms with Gasteiger partial charge in [0.2, 0.25) is 0 Å². The first-order chi connectivity index (χ1) is 7.78. The van der Waals surface area contributed by atoms with Crippen molar-refractivity contribution >= 4 is 23.2 Å². The van der Waals surface area contributed by atoms with Crippen LogP contribution < -0.4 is 11.1 Å². The van der Waals surface area contributed by atoms with Crippen molar-refractivity contribution < 1.29 is 4.79 Å². The molecule has 0 spiro atoms. The minimum Gasteiger partial charge on any atom is -0.399 e. The molecule has 17 heavy (non-hydrogen) atoms. The summed E-state index contributed by atoms with van der Waals surface area (Å²) in [6.45, 7) is 7.05. The summed E-state index contributed by atoms with van der Waals surface area (Å²) in [5, 5.41) is 3.33. The quantitative estimate of drug-likeness (QED) is 0.815. The molecular formula is C13H19ClN2O. The average Bonchev–Trinajstić information content (AvgIpc) is 2.13. The maximum absolute atomic E-state index is 11.8. The Morgan fingerprint density at radius 2 is 2.00 bits per heavy atom. The monoisotopic (exact) mass is 254 g/mol. The molecule has 4 heteroatoms. The van der Waals surface area contributed by atoms with Crippen LogP contribution in [0.15, 0.2) is 18.2 Å². The number of halogens is 1. The number of nitrogen functional groups attached to an aromatic ring is 1. The smallest absolute Gasteiger partial charge is 0.251 e. The number of anilines is 1. The van der Waals surface area contributed by atoms with Gasteiger partial charge in [-0.3, -0.25) is 4.79 Å². The lowest BCUT2D eigenvalue weighted by atomic mass is 9.92.